The van der Waals surface area contributed by atoms with Crippen molar-refractivity contribution in [3.63, 3.8) is 0 Å². The van der Waals surface area contributed by atoms with Crippen LogP contribution in [0.5, 0.6) is 0 Å². The Labute approximate surface area is 487 Å². The number of hydrogen-bond donors (Lipinski definition) is 0. The van der Waals surface area contributed by atoms with Crippen molar-refractivity contribution in [2.45, 2.75) is 406 Å². The van der Waals surface area contributed by atoms with Crippen molar-refractivity contribution in [1.29, 1.82) is 0 Å². The number of carbonyl (C=O) groups excluding carboxylic acids is 3. The first-order chi connectivity index (χ1) is 38.5. The van der Waals surface area contributed by atoms with Crippen LogP contribution >= 0.6 is 0 Å². The summed E-state index contributed by atoms with van der Waals surface area (Å²) in [4.78, 5) is 38.4. The third-order valence-electron chi connectivity index (χ3n) is 16.2. The number of allylic oxidation sites excluding steroid dienone is 4. The summed E-state index contributed by atoms with van der Waals surface area (Å²) in [6.07, 6.45) is 82.1. The van der Waals surface area contributed by atoms with E-state index < -0.39 is 6.10 Å². The van der Waals surface area contributed by atoms with Gasteiger partial charge in [0.15, 0.2) is 6.10 Å². The smallest absolute Gasteiger partial charge is 0.306 e. The molecule has 6 nitrogen and oxygen atoms in total. The molecule has 0 saturated carbocycles. The van der Waals surface area contributed by atoms with E-state index in [-0.39, 0.29) is 31.1 Å². The molecule has 0 rings (SSSR count). The molecule has 78 heavy (non-hydrogen) atoms. The molecule has 0 aliphatic rings. The fourth-order valence-corrected chi connectivity index (χ4v) is 10.9. The molecule has 0 bridgehead atoms. The van der Waals surface area contributed by atoms with Gasteiger partial charge in [0.25, 0.3) is 0 Å². The number of rotatable bonds is 66. The highest BCUT2D eigenvalue weighted by Crippen LogP contribution is 2.19. The molecule has 0 radical (unpaired) electrons. The maximum Gasteiger partial charge on any atom is 0.306 e. The number of unbranched alkanes of at least 4 members (excludes halogenated alkanes) is 51. The summed E-state index contributed by atoms with van der Waals surface area (Å²) >= 11 is 0. The molecule has 1 unspecified atom stereocenters. The molecule has 0 aliphatic heterocycles. The van der Waals surface area contributed by atoms with Crippen molar-refractivity contribution in [3.8, 4) is 0 Å². The number of esters is 3. The van der Waals surface area contributed by atoms with Crippen LogP contribution in [0.15, 0.2) is 24.3 Å². The zero-order valence-electron chi connectivity index (χ0n) is 53.0. The van der Waals surface area contributed by atoms with E-state index in [4.69, 9.17) is 14.2 Å². The average molecular weight is 1100 g/mol. The molecule has 460 valence electrons. The van der Waals surface area contributed by atoms with Gasteiger partial charge in [-0.05, 0) is 51.4 Å². The van der Waals surface area contributed by atoms with Crippen molar-refractivity contribution in [1.82, 2.24) is 0 Å². The van der Waals surface area contributed by atoms with E-state index >= 15 is 0 Å². The molecule has 0 heterocycles. The van der Waals surface area contributed by atoms with Crippen molar-refractivity contribution in [3.05, 3.63) is 24.3 Å². The third kappa shape index (κ3) is 64.7. The van der Waals surface area contributed by atoms with Gasteiger partial charge in [0, 0.05) is 19.3 Å². The molecule has 0 amide bonds. The van der Waals surface area contributed by atoms with E-state index in [9.17, 15) is 14.4 Å². The second-order valence-electron chi connectivity index (χ2n) is 24.2. The van der Waals surface area contributed by atoms with Gasteiger partial charge in [0.2, 0.25) is 0 Å². The second-order valence-corrected chi connectivity index (χ2v) is 24.2. The first kappa shape index (κ1) is 75.9. The molecule has 0 saturated heterocycles. The van der Waals surface area contributed by atoms with Crippen LogP contribution in [-0.4, -0.2) is 37.2 Å². The first-order valence-corrected chi connectivity index (χ1v) is 35.3. The Balaban J connectivity index is 4.22. The molecule has 0 aliphatic carbocycles. The Morgan fingerprint density at radius 3 is 0.731 bits per heavy atom. The minimum Gasteiger partial charge on any atom is -0.462 e. The van der Waals surface area contributed by atoms with Gasteiger partial charge >= 0.3 is 17.9 Å². The van der Waals surface area contributed by atoms with Crippen molar-refractivity contribution in [2.75, 3.05) is 13.2 Å². The summed E-state index contributed by atoms with van der Waals surface area (Å²) in [5.41, 5.74) is 0. The van der Waals surface area contributed by atoms with Crippen molar-refractivity contribution in [2.24, 2.45) is 0 Å². The standard InChI is InChI=1S/C72H136O6/c1-4-7-10-13-16-19-22-25-28-31-32-33-34-35-36-37-38-39-40-42-44-47-50-53-56-59-62-65-71(74)77-68-69(67-76-70(73)64-61-58-55-52-49-46-43-30-27-24-21-18-15-12-9-6-3)78-72(75)66-63-60-57-54-51-48-45-41-29-26-23-20-17-14-11-8-5-2/h17,20,26,29,69H,4-16,18-19,21-25,27-28,30-68H2,1-3H3/b20-17-,29-26-. The molecule has 1 atom stereocenters. The Hall–Kier alpha value is -2.11. The summed E-state index contributed by atoms with van der Waals surface area (Å²) in [6.45, 7) is 6.69. The van der Waals surface area contributed by atoms with Gasteiger partial charge < -0.3 is 14.2 Å². The number of hydrogen-bond acceptors (Lipinski definition) is 6. The topological polar surface area (TPSA) is 78.9 Å². The third-order valence-corrected chi connectivity index (χ3v) is 16.2. The zero-order chi connectivity index (χ0) is 56.4. The normalized spacial score (nSPS) is 12.1. The van der Waals surface area contributed by atoms with Crippen LogP contribution in [0.25, 0.3) is 0 Å². The van der Waals surface area contributed by atoms with Crippen molar-refractivity contribution < 1.29 is 28.6 Å². The summed E-state index contributed by atoms with van der Waals surface area (Å²) in [5, 5.41) is 0. The largest absolute Gasteiger partial charge is 0.462 e. The maximum absolute atomic E-state index is 12.9. The minimum atomic E-state index is -0.772. The molecule has 0 spiro atoms. The molecule has 0 fully saturated rings. The Morgan fingerprint density at radius 1 is 0.256 bits per heavy atom. The van der Waals surface area contributed by atoms with Gasteiger partial charge in [0.05, 0.1) is 0 Å². The molecule has 0 N–H and O–H groups in total. The summed E-state index contributed by atoms with van der Waals surface area (Å²) in [5.74, 6) is -0.843. The Morgan fingerprint density at radius 2 is 0.462 bits per heavy atom. The highest BCUT2D eigenvalue weighted by atomic mass is 16.6. The minimum absolute atomic E-state index is 0.0681. The molecule has 6 heteroatoms. The van der Waals surface area contributed by atoms with E-state index in [0.29, 0.717) is 19.3 Å². The predicted molar refractivity (Wildman–Crippen MR) is 340 cm³/mol. The SMILES string of the molecule is CCCCC/C=C\C/C=C\CCCCCCCCCC(=O)OC(COC(=O)CCCCCCCCCCCCCCCCCC)COC(=O)CCCCCCCCCCCCCCCCCCCCCCCCCCCCC. The zero-order valence-corrected chi connectivity index (χ0v) is 53.0. The first-order valence-electron chi connectivity index (χ1n) is 35.3. The summed E-state index contributed by atoms with van der Waals surface area (Å²) < 4.78 is 17.0. The average Bonchev–Trinajstić information content (AvgIpc) is 3.44. The van der Waals surface area contributed by atoms with Gasteiger partial charge in [-0.2, -0.15) is 0 Å². The van der Waals surface area contributed by atoms with Crippen LogP contribution in [0.3, 0.4) is 0 Å². The summed E-state index contributed by atoms with van der Waals surface area (Å²) in [7, 11) is 0. The fourth-order valence-electron chi connectivity index (χ4n) is 10.9. The number of carbonyl (C=O) groups is 3. The van der Waals surface area contributed by atoms with Gasteiger partial charge in [0.1, 0.15) is 13.2 Å². The van der Waals surface area contributed by atoms with Crippen LogP contribution in [-0.2, 0) is 28.6 Å². The highest BCUT2D eigenvalue weighted by Gasteiger charge is 2.19. The van der Waals surface area contributed by atoms with E-state index in [2.05, 4.69) is 45.1 Å². The maximum atomic E-state index is 12.9. The molecule has 0 aromatic rings. The van der Waals surface area contributed by atoms with Gasteiger partial charge in [-0.25, -0.2) is 0 Å². The van der Waals surface area contributed by atoms with Gasteiger partial charge in [-0.3, -0.25) is 14.4 Å². The predicted octanol–water partition coefficient (Wildman–Crippen LogP) is 24.2. The quantitative estimate of drug-likeness (QED) is 0.0261. The van der Waals surface area contributed by atoms with E-state index in [1.165, 1.54) is 289 Å². The molecule has 0 aromatic heterocycles. The van der Waals surface area contributed by atoms with Crippen LogP contribution in [0.1, 0.15) is 400 Å². The van der Waals surface area contributed by atoms with E-state index in [0.717, 1.165) is 70.6 Å². The van der Waals surface area contributed by atoms with Gasteiger partial charge in [-0.1, -0.05) is 353 Å². The van der Waals surface area contributed by atoms with Crippen LogP contribution in [0.4, 0.5) is 0 Å². The molecule has 0 aromatic carbocycles. The molecular formula is C72H136O6. The Bertz CT molecular complexity index is 1260. The van der Waals surface area contributed by atoms with Crippen LogP contribution in [0, 0.1) is 0 Å². The second kappa shape index (κ2) is 67.4. The molecular weight excluding hydrogens is 961 g/mol. The monoisotopic (exact) mass is 1100 g/mol. The van der Waals surface area contributed by atoms with Gasteiger partial charge in [-0.15, -0.1) is 0 Å². The lowest BCUT2D eigenvalue weighted by atomic mass is 10.0. The van der Waals surface area contributed by atoms with E-state index in [1.54, 1.807) is 0 Å². The van der Waals surface area contributed by atoms with E-state index in [1.807, 2.05) is 0 Å². The van der Waals surface area contributed by atoms with Crippen LogP contribution in [0.2, 0.25) is 0 Å². The summed E-state index contributed by atoms with van der Waals surface area (Å²) in [6, 6.07) is 0. The van der Waals surface area contributed by atoms with Crippen molar-refractivity contribution >= 4 is 17.9 Å². The highest BCUT2D eigenvalue weighted by molar-refractivity contribution is 5.71. The Kier molecular flexibility index (Phi) is 65.6. The fraction of sp³-hybridized carbons (Fsp3) is 0.903. The lowest BCUT2D eigenvalue weighted by Gasteiger charge is -2.18. The number of ether oxygens (including phenoxy) is 3. The lowest BCUT2D eigenvalue weighted by Crippen LogP contribution is -2.30. The van der Waals surface area contributed by atoms with Crippen LogP contribution < -0.4 is 0 Å². The lowest BCUT2D eigenvalue weighted by molar-refractivity contribution is -0.167.